The molecule has 14 heteroatoms. The summed E-state index contributed by atoms with van der Waals surface area (Å²) in [6.45, 7) is 2.47. The molecule has 4 aromatic rings. The monoisotopic (exact) mass is 533 g/mol. The van der Waals surface area contributed by atoms with Gasteiger partial charge in [0, 0.05) is 30.9 Å². The highest BCUT2D eigenvalue weighted by Gasteiger charge is 2.31. The number of ether oxygens (including phenoxy) is 2. The second kappa shape index (κ2) is 12.4. The Morgan fingerprint density at radius 2 is 1.97 bits per heavy atom. The summed E-state index contributed by atoms with van der Waals surface area (Å²) in [5.74, 6) is -1.32. The highest BCUT2D eigenvalue weighted by Crippen LogP contribution is 2.27. The molecule has 0 saturated carbocycles. The number of hydrogen-bond acceptors (Lipinski definition) is 9. The number of unbranched alkanes of at least 4 members (excludes halogenated alkanes) is 1. The highest BCUT2D eigenvalue weighted by molar-refractivity contribution is 5.93. The van der Waals surface area contributed by atoms with Crippen molar-refractivity contribution in [3.63, 3.8) is 0 Å². The molecule has 5 N–H and O–H groups in total. The van der Waals surface area contributed by atoms with Gasteiger partial charge in [0.2, 0.25) is 5.91 Å². The normalized spacial score (nSPS) is 11.7. The van der Waals surface area contributed by atoms with Gasteiger partial charge in [0.15, 0.2) is 5.65 Å². The predicted octanol–water partition coefficient (Wildman–Crippen LogP) is 3.61. The Bertz CT molecular complexity index is 1340. The number of anilines is 1. The fourth-order valence-electron chi connectivity index (χ4n) is 3.70. The molecular weight excluding hydrogens is 507 g/mol. The van der Waals surface area contributed by atoms with Crippen LogP contribution < -0.4 is 21.1 Å². The number of nitrogens with zero attached hydrogens (tertiary/aromatic N) is 3. The number of alkyl halides is 3. The SMILES string of the molecule is NC(=O)c1cc(CNCCCCOCCNc2cc(-c3cnoc3)nc3[nH]ncc23)cc(OC(F)(F)F)c1. The van der Waals surface area contributed by atoms with Crippen molar-refractivity contribution < 1.29 is 32.0 Å². The number of fused-ring (bicyclic) bond motifs is 1. The lowest BCUT2D eigenvalue weighted by Gasteiger charge is -2.12. The Hall–Kier alpha value is -4.17. The van der Waals surface area contributed by atoms with Crippen molar-refractivity contribution in [1.82, 2.24) is 25.7 Å². The van der Waals surface area contributed by atoms with E-state index < -0.39 is 18.0 Å². The molecule has 4 rings (SSSR count). The summed E-state index contributed by atoms with van der Waals surface area (Å²) in [5.41, 5.74) is 8.57. The minimum atomic E-state index is -4.86. The third-order valence-corrected chi connectivity index (χ3v) is 5.42. The first kappa shape index (κ1) is 26.9. The Balaban J connectivity index is 1.14. The summed E-state index contributed by atoms with van der Waals surface area (Å²) >= 11 is 0. The molecule has 202 valence electrons. The number of amides is 1. The third-order valence-electron chi connectivity index (χ3n) is 5.42. The van der Waals surface area contributed by atoms with E-state index in [0.717, 1.165) is 35.5 Å². The van der Waals surface area contributed by atoms with Gasteiger partial charge in [-0.1, -0.05) is 5.16 Å². The van der Waals surface area contributed by atoms with Crippen molar-refractivity contribution in [3.05, 3.63) is 54.0 Å². The van der Waals surface area contributed by atoms with Crippen LogP contribution in [0.4, 0.5) is 18.9 Å². The Kier molecular flexibility index (Phi) is 8.76. The standard InChI is InChI=1S/C24H26F3N7O4/c25-24(26,27)38-18-8-15(7-16(9-18)22(28)35)11-29-3-1-2-5-36-6-4-30-21-10-20(17-12-32-37-14-17)33-23-19(21)13-31-34-23/h7-10,12-14,29H,1-6,11H2,(H2,28,35)(H2,30,31,33,34). The Labute approximate surface area is 214 Å². The number of carbonyl (C=O) groups is 1. The lowest BCUT2D eigenvalue weighted by Crippen LogP contribution is -2.20. The molecule has 0 aliphatic heterocycles. The molecule has 3 heterocycles. The molecule has 0 bridgehead atoms. The molecule has 0 spiro atoms. The first-order valence-corrected chi connectivity index (χ1v) is 11.7. The molecule has 0 unspecified atom stereocenters. The van der Waals surface area contributed by atoms with Gasteiger partial charge in [0.25, 0.3) is 0 Å². The third kappa shape index (κ3) is 7.66. The number of nitrogens with two attached hydrogens (primary N) is 1. The fourth-order valence-corrected chi connectivity index (χ4v) is 3.70. The van der Waals surface area contributed by atoms with Crippen LogP contribution in [0.3, 0.4) is 0 Å². The maximum atomic E-state index is 12.5. The minimum Gasteiger partial charge on any atom is -0.406 e. The van der Waals surface area contributed by atoms with E-state index >= 15 is 0 Å². The van der Waals surface area contributed by atoms with Crippen LogP contribution in [0.2, 0.25) is 0 Å². The van der Waals surface area contributed by atoms with Crippen molar-refractivity contribution in [1.29, 1.82) is 0 Å². The van der Waals surface area contributed by atoms with Gasteiger partial charge >= 0.3 is 6.36 Å². The average Bonchev–Trinajstić information content (AvgIpc) is 3.56. The lowest BCUT2D eigenvalue weighted by molar-refractivity contribution is -0.274. The number of halogens is 3. The summed E-state index contributed by atoms with van der Waals surface area (Å²) in [6.07, 6.45) is 1.52. The molecular formula is C24H26F3N7O4. The van der Waals surface area contributed by atoms with Gasteiger partial charge in [-0.2, -0.15) is 5.10 Å². The van der Waals surface area contributed by atoms with Gasteiger partial charge in [0.05, 0.1) is 35.6 Å². The van der Waals surface area contributed by atoms with E-state index in [4.69, 9.17) is 15.0 Å². The number of benzene rings is 1. The fraction of sp³-hybridized carbons (Fsp3) is 0.333. The molecule has 0 fully saturated rings. The zero-order valence-corrected chi connectivity index (χ0v) is 20.2. The van der Waals surface area contributed by atoms with E-state index in [1.165, 1.54) is 18.4 Å². The van der Waals surface area contributed by atoms with Gasteiger partial charge in [-0.05, 0) is 49.2 Å². The molecule has 0 aliphatic rings. The van der Waals surface area contributed by atoms with Crippen molar-refractivity contribution in [2.45, 2.75) is 25.7 Å². The van der Waals surface area contributed by atoms with Crippen LogP contribution in [0.15, 0.2) is 47.4 Å². The van der Waals surface area contributed by atoms with Crippen molar-refractivity contribution in [2.75, 3.05) is 31.6 Å². The van der Waals surface area contributed by atoms with E-state index in [0.29, 0.717) is 43.2 Å². The van der Waals surface area contributed by atoms with Crippen LogP contribution in [0.5, 0.6) is 5.75 Å². The number of rotatable bonds is 14. The molecule has 0 saturated heterocycles. The molecule has 0 aliphatic carbocycles. The first-order valence-electron chi connectivity index (χ1n) is 11.7. The van der Waals surface area contributed by atoms with Crippen LogP contribution in [-0.4, -0.2) is 58.9 Å². The summed E-state index contributed by atoms with van der Waals surface area (Å²) in [4.78, 5) is 15.9. The number of H-pyrrole nitrogens is 1. The van der Waals surface area contributed by atoms with Crippen molar-refractivity contribution in [3.8, 4) is 17.0 Å². The van der Waals surface area contributed by atoms with Crippen LogP contribution in [-0.2, 0) is 11.3 Å². The number of pyridine rings is 1. The molecule has 0 atom stereocenters. The topological polar surface area (TPSA) is 153 Å². The van der Waals surface area contributed by atoms with Crippen molar-refractivity contribution >= 4 is 22.6 Å². The molecule has 0 radical (unpaired) electrons. The zero-order chi connectivity index (χ0) is 27.0. The molecule has 3 aromatic heterocycles. The van der Waals surface area contributed by atoms with Crippen LogP contribution >= 0.6 is 0 Å². The van der Waals surface area contributed by atoms with Gasteiger partial charge in [-0.15, -0.1) is 13.2 Å². The lowest BCUT2D eigenvalue weighted by atomic mass is 10.1. The van der Waals surface area contributed by atoms with E-state index in [1.54, 1.807) is 12.4 Å². The number of aromatic amines is 1. The second-order valence-electron chi connectivity index (χ2n) is 8.30. The predicted molar refractivity (Wildman–Crippen MR) is 131 cm³/mol. The van der Waals surface area contributed by atoms with Crippen molar-refractivity contribution in [2.24, 2.45) is 5.73 Å². The van der Waals surface area contributed by atoms with E-state index in [1.807, 2.05) is 6.07 Å². The van der Waals surface area contributed by atoms with Gasteiger partial charge in [0.1, 0.15) is 12.0 Å². The summed E-state index contributed by atoms with van der Waals surface area (Å²) in [7, 11) is 0. The zero-order valence-electron chi connectivity index (χ0n) is 20.2. The molecule has 38 heavy (non-hydrogen) atoms. The Morgan fingerprint density at radius 1 is 1.11 bits per heavy atom. The van der Waals surface area contributed by atoms with Crippen LogP contribution in [0.25, 0.3) is 22.3 Å². The Morgan fingerprint density at radius 3 is 2.74 bits per heavy atom. The number of carbonyl (C=O) groups excluding carboxylic acids is 1. The van der Waals surface area contributed by atoms with E-state index in [9.17, 15) is 18.0 Å². The number of primary amides is 1. The molecule has 11 nitrogen and oxygen atoms in total. The number of hydrogen-bond donors (Lipinski definition) is 4. The maximum absolute atomic E-state index is 12.5. The molecule has 1 amide bonds. The highest BCUT2D eigenvalue weighted by atomic mass is 19.4. The van der Waals surface area contributed by atoms with Crippen LogP contribution in [0, 0.1) is 0 Å². The maximum Gasteiger partial charge on any atom is 0.573 e. The average molecular weight is 534 g/mol. The summed E-state index contributed by atoms with van der Waals surface area (Å²) < 4.78 is 52.1. The summed E-state index contributed by atoms with van der Waals surface area (Å²) in [6, 6.07) is 5.52. The van der Waals surface area contributed by atoms with Crippen LogP contribution in [0.1, 0.15) is 28.8 Å². The summed E-state index contributed by atoms with van der Waals surface area (Å²) in [5, 5.41) is 18.0. The molecule has 1 aromatic carbocycles. The van der Waals surface area contributed by atoms with E-state index in [2.05, 4.69) is 35.7 Å². The largest absolute Gasteiger partial charge is 0.573 e. The first-order chi connectivity index (χ1) is 18.3. The smallest absolute Gasteiger partial charge is 0.406 e. The number of aromatic nitrogens is 4. The quantitative estimate of drug-likeness (QED) is 0.178. The van der Waals surface area contributed by atoms with Gasteiger partial charge in [-0.3, -0.25) is 9.89 Å². The van der Waals surface area contributed by atoms with Gasteiger partial charge < -0.3 is 30.4 Å². The number of nitrogens with one attached hydrogen (secondary N) is 3. The second-order valence-corrected chi connectivity index (χ2v) is 8.30. The van der Waals surface area contributed by atoms with Gasteiger partial charge in [-0.25, -0.2) is 4.98 Å². The minimum absolute atomic E-state index is 0.0551. The van der Waals surface area contributed by atoms with E-state index in [-0.39, 0.29) is 12.1 Å².